The summed E-state index contributed by atoms with van der Waals surface area (Å²) in [6.07, 6.45) is -0.368. The van der Waals surface area contributed by atoms with Crippen LogP contribution in [0.2, 0.25) is 0 Å². The van der Waals surface area contributed by atoms with Gasteiger partial charge in [0.15, 0.2) is 0 Å². The van der Waals surface area contributed by atoms with Gasteiger partial charge in [-0.3, -0.25) is 9.59 Å². The molecule has 2 saturated heterocycles. The molecule has 2 aliphatic rings. The first-order chi connectivity index (χ1) is 13.1. The number of anilines is 1. The average Bonchev–Trinajstić information content (AvgIpc) is 2.74. The molecule has 0 unspecified atom stereocenters. The van der Waals surface area contributed by atoms with E-state index in [2.05, 4.69) is 4.90 Å². The highest BCUT2D eigenvalue weighted by atomic mass is 16.6. The molecule has 0 atom stereocenters. The summed E-state index contributed by atoms with van der Waals surface area (Å²) in [6, 6.07) is 10.1. The minimum absolute atomic E-state index is 0.325. The van der Waals surface area contributed by atoms with Crippen molar-refractivity contribution >= 4 is 23.6 Å². The second-order valence-electron chi connectivity index (χ2n) is 6.59. The molecule has 2 heterocycles. The molecular formula is C19H26N4O4. The molecule has 0 radical (unpaired) electrons. The lowest BCUT2D eigenvalue weighted by Gasteiger charge is -2.38. The van der Waals surface area contributed by atoms with Crippen molar-refractivity contribution in [3.05, 3.63) is 30.3 Å². The van der Waals surface area contributed by atoms with Crippen molar-refractivity contribution in [2.45, 2.75) is 6.92 Å². The molecule has 0 bridgehead atoms. The summed E-state index contributed by atoms with van der Waals surface area (Å²) in [5.74, 6) is -0.932. The monoisotopic (exact) mass is 374 g/mol. The van der Waals surface area contributed by atoms with Crippen LogP contribution in [0.4, 0.5) is 10.5 Å². The first-order valence-electron chi connectivity index (χ1n) is 9.40. The van der Waals surface area contributed by atoms with E-state index in [0.29, 0.717) is 59.0 Å². The minimum atomic E-state index is -0.480. The maximum Gasteiger partial charge on any atom is 0.409 e. The number of para-hydroxylation sites is 1. The maximum atomic E-state index is 12.6. The lowest BCUT2D eigenvalue weighted by Crippen LogP contribution is -2.57. The predicted octanol–water partition coefficient (Wildman–Crippen LogP) is 0.636. The Labute approximate surface area is 159 Å². The Morgan fingerprint density at radius 3 is 1.78 bits per heavy atom. The zero-order valence-corrected chi connectivity index (χ0v) is 15.7. The van der Waals surface area contributed by atoms with Crippen molar-refractivity contribution < 1.29 is 19.1 Å². The molecule has 1 aromatic carbocycles. The number of hydrogen-bond acceptors (Lipinski definition) is 5. The first-order valence-corrected chi connectivity index (χ1v) is 9.40. The number of amides is 3. The Morgan fingerprint density at radius 2 is 1.26 bits per heavy atom. The van der Waals surface area contributed by atoms with E-state index in [1.807, 2.05) is 30.3 Å². The highest BCUT2D eigenvalue weighted by molar-refractivity contribution is 6.35. The number of ether oxygens (including phenoxy) is 1. The molecule has 0 N–H and O–H groups in total. The van der Waals surface area contributed by atoms with E-state index >= 15 is 0 Å². The molecule has 3 amide bonds. The average molecular weight is 374 g/mol. The molecule has 0 saturated carbocycles. The highest BCUT2D eigenvalue weighted by Gasteiger charge is 2.32. The SMILES string of the molecule is CCOC(=O)N1CCN(C(=O)C(=O)N2CCN(c3ccccc3)CC2)CC1. The lowest BCUT2D eigenvalue weighted by molar-refractivity contribution is -0.152. The van der Waals surface area contributed by atoms with Gasteiger partial charge in [0.25, 0.3) is 0 Å². The van der Waals surface area contributed by atoms with Gasteiger partial charge in [-0.05, 0) is 19.1 Å². The summed E-state index contributed by atoms with van der Waals surface area (Å²) >= 11 is 0. The van der Waals surface area contributed by atoms with Crippen LogP contribution in [0.3, 0.4) is 0 Å². The number of hydrogen-bond donors (Lipinski definition) is 0. The van der Waals surface area contributed by atoms with Gasteiger partial charge in [0.1, 0.15) is 0 Å². The molecule has 8 heteroatoms. The fourth-order valence-corrected chi connectivity index (χ4v) is 3.38. The molecule has 146 valence electrons. The van der Waals surface area contributed by atoms with Crippen LogP contribution in [-0.4, -0.2) is 91.6 Å². The van der Waals surface area contributed by atoms with Crippen molar-refractivity contribution in [2.24, 2.45) is 0 Å². The Balaban J connectivity index is 1.47. The second-order valence-corrected chi connectivity index (χ2v) is 6.59. The lowest BCUT2D eigenvalue weighted by atomic mass is 10.2. The Kier molecular flexibility index (Phi) is 6.16. The van der Waals surface area contributed by atoms with E-state index in [0.717, 1.165) is 5.69 Å². The van der Waals surface area contributed by atoms with E-state index in [4.69, 9.17) is 4.74 Å². The molecule has 2 fully saturated rings. The summed E-state index contributed by atoms with van der Waals surface area (Å²) in [4.78, 5) is 43.8. The molecular weight excluding hydrogens is 348 g/mol. The summed E-state index contributed by atoms with van der Waals surface area (Å²) in [5.41, 5.74) is 1.13. The van der Waals surface area contributed by atoms with Crippen molar-refractivity contribution in [1.82, 2.24) is 14.7 Å². The zero-order valence-electron chi connectivity index (χ0n) is 15.7. The summed E-state index contributed by atoms with van der Waals surface area (Å²) in [5, 5.41) is 0. The standard InChI is InChI=1S/C19H26N4O4/c1-2-27-19(26)23-14-12-22(13-15-23)18(25)17(24)21-10-8-20(9-11-21)16-6-4-3-5-7-16/h3-7H,2,8-15H2,1H3. The zero-order chi connectivity index (χ0) is 19.2. The van der Waals surface area contributed by atoms with Gasteiger partial charge in [-0.25, -0.2) is 4.79 Å². The maximum absolute atomic E-state index is 12.6. The van der Waals surface area contributed by atoms with E-state index in [-0.39, 0.29) is 6.09 Å². The van der Waals surface area contributed by atoms with Crippen LogP contribution in [0.25, 0.3) is 0 Å². The van der Waals surface area contributed by atoms with Gasteiger partial charge >= 0.3 is 17.9 Å². The van der Waals surface area contributed by atoms with Gasteiger partial charge in [0.05, 0.1) is 6.61 Å². The normalized spacial score (nSPS) is 17.7. The number of carbonyl (C=O) groups is 3. The smallest absolute Gasteiger partial charge is 0.409 e. The number of nitrogens with zero attached hydrogens (tertiary/aromatic N) is 4. The van der Waals surface area contributed by atoms with Crippen molar-refractivity contribution in [3.8, 4) is 0 Å². The molecule has 0 aliphatic carbocycles. The molecule has 0 spiro atoms. The van der Waals surface area contributed by atoms with Crippen LogP contribution in [-0.2, 0) is 14.3 Å². The summed E-state index contributed by atoms with van der Waals surface area (Å²) in [7, 11) is 0. The minimum Gasteiger partial charge on any atom is -0.450 e. The molecule has 3 rings (SSSR count). The van der Waals surface area contributed by atoms with E-state index < -0.39 is 11.8 Å². The van der Waals surface area contributed by atoms with Crippen LogP contribution in [0.15, 0.2) is 30.3 Å². The third-order valence-electron chi connectivity index (χ3n) is 4.96. The Morgan fingerprint density at radius 1 is 0.778 bits per heavy atom. The van der Waals surface area contributed by atoms with Gasteiger partial charge in [0.2, 0.25) is 0 Å². The predicted molar refractivity (Wildman–Crippen MR) is 100 cm³/mol. The van der Waals surface area contributed by atoms with Gasteiger partial charge < -0.3 is 24.3 Å². The van der Waals surface area contributed by atoms with Gasteiger partial charge in [0, 0.05) is 58.0 Å². The van der Waals surface area contributed by atoms with Crippen LogP contribution in [0, 0.1) is 0 Å². The molecule has 1 aromatic rings. The van der Waals surface area contributed by atoms with Crippen molar-refractivity contribution in [2.75, 3.05) is 63.9 Å². The topological polar surface area (TPSA) is 73.4 Å². The van der Waals surface area contributed by atoms with Crippen LogP contribution in [0.5, 0.6) is 0 Å². The van der Waals surface area contributed by atoms with Crippen LogP contribution in [0.1, 0.15) is 6.92 Å². The largest absolute Gasteiger partial charge is 0.450 e. The fraction of sp³-hybridized carbons (Fsp3) is 0.526. The van der Waals surface area contributed by atoms with E-state index in [1.165, 1.54) is 4.90 Å². The Bertz CT molecular complexity index is 666. The number of rotatable bonds is 2. The van der Waals surface area contributed by atoms with Crippen LogP contribution < -0.4 is 4.90 Å². The number of benzene rings is 1. The fourth-order valence-electron chi connectivity index (χ4n) is 3.38. The molecule has 2 aliphatic heterocycles. The first kappa shape index (κ1) is 19.0. The van der Waals surface area contributed by atoms with Crippen molar-refractivity contribution in [3.63, 3.8) is 0 Å². The quantitative estimate of drug-likeness (QED) is 0.710. The molecule has 27 heavy (non-hydrogen) atoms. The third-order valence-corrected chi connectivity index (χ3v) is 4.96. The highest BCUT2D eigenvalue weighted by Crippen LogP contribution is 2.16. The second kappa shape index (κ2) is 8.75. The van der Waals surface area contributed by atoms with Gasteiger partial charge in [-0.1, -0.05) is 18.2 Å². The van der Waals surface area contributed by atoms with Gasteiger partial charge in [-0.15, -0.1) is 0 Å². The Hall–Kier alpha value is -2.77. The summed E-state index contributed by atoms with van der Waals surface area (Å²) < 4.78 is 4.97. The van der Waals surface area contributed by atoms with E-state index in [1.54, 1.807) is 16.7 Å². The number of piperazine rings is 2. The van der Waals surface area contributed by atoms with Gasteiger partial charge in [-0.2, -0.15) is 0 Å². The van der Waals surface area contributed by atoms with Crippen molar-refractivity contribution in [1.29, 1.82) is 0 Å². The summed E-state index contributed by atoms with van der Waals surface area (Å²) in [6.45, 7) is 6.04. The molecule has 8 nitrogen and oxygen atoms in total. The number of carbonyl (C=O) groups excluding carboxylic acids is 3. The molecule has 0 aromatic heterocycles. The third kappa shape index (κ3) is 4.50. The van der Waals surface area contributed by atoms with E-state index in [9.17, 15) is 14.4 Å². The van der Waals surface area contributed by atoms with Crippen LogP contribution >= 0.6 is 0 Å².